The van der Waals surface area contributed by atoms with Gasteiger partial charge in [0.1, 0.15) is 17.4 Å². The second kappa shape index (κ2) is 5.18. The molecule has 0 saturated carbocycles. The van der Waals surface area contributed by atoms with E-state index >= 15 is 0 Å². The van der Waals surface area contributed by atoms with Gasteiger partial charge < -0.3 is 4.74 Å². The molecule has 0 aromatic heterocycles. The van der Waals surface area contributed by atoms with Crippen LogP contribution in [-0.2, 0) is 0 Å². The third-order valence-electron chi connectivity index (χ3n) is 2.83. The van der Waals surface area contributed by atoms with Crippen LogP contribution in [0.1, 0.15) is 17.3 Å². The van der Waals surface area contributed by atoms with Gasteiger partial charge in [0.2, 0.25) is 0 Å². The van der Waals surface area contributed by atoms with Crippen LogP contribution in [-0.4, -0.2) is 12.9 Å². The Labute approximate surface area is 109 Å². The zero-order valence-electron chi connectivity index (χ0n) is 10.5. The summed E-state index contributed by atoms with van der Waals surface area (Å²) in [5, 5.41) is 0. The number of carbonyl (C=O) groups is 1. The van der Waals surface area contributed by atoms with Gasteiger partial charge in [-0.2, -0.15) is 0 Å². The van der Waals surface area contributed by atoms with E-state index in [4.69, 9.17) is 4.74 Å². The average molecular weight is 262 g/mol. The molecule has 0 spiro atoms. The third-order valence-corrected chi connectivity index (χ3v) is 2.83. The first-order chi connectivity index (χ1) is 9.02. The molecule has 98 valence electrons. The van der Waals surface area contributed by atoms with Gasteiger partial charge in [0.05, 0.1) is 12.7 Å². The zero-order chi connectivity index (χ0) is 14.0. The van der Waals surface area contributed by atoms with Crippen molar-refractivity contribution in [3.05, 3.63) is 53.6 Å². The molecule has 0 amide bonds. The second-order valence-corrected chi connectivity index (χ2v) is 4.10. The van der Waals surface area contributed by atoms with E-state index in [1.807, 2.05) is 0 Å². The van der Waals surface area contributed by atoms with Crippen molar-refractivity contribution in [3.63, 3.8) is 0 Å². The minimum Gasteiger partial charge on any atom is -0.497 e. The van der Waals surface area contributed by atoms with Crippen LogP contribution in [0.2, 0.25) is 0 Å². The molecule has 0 saturated heterocycles. The molecule has 2 nitrogen and oxygen atoms in total. The lowest BCUT2D eigenvalue weighted by Gasteiger charge is -2.07. The molecule has 0 atom stereocenters. The molecule has 0 fully saturated rings. The van der Waals surface area contributed by atoms with Crippen LogP contribution in [0.4, 0.5) is 8.78 Å². The summed E-state index contributed by atoms with van der Waals surface area (Å²) < 4.78 is 32.2. The van der Waals surface area contributed by atoms with Crippen molar-refractivity contribution in [3.8, 4) is 16.9 Å². The molecular weight excluding hydrogens is 250 g/mol. The topological polar surface area (TPSA) is 26.3 Å². The van der Waals surface area contributed by atoms with Crippen molar-refractivity contribution >= 4 is 5.78 Å². The lowest BCUT2D eigenvalue weighted by atomic mass is 10.0. The third kappa shape index (κ3) is 2.62. The van der Waals surface area contributed by atoms with E-state index < -0.39 is 17.4 Å². The van der Waals surface area contributed by atoms with E-state index in [1.165, 1.54) is 38.3 Å². The van der Waals surface area contributed by atoms with E-state index in [-0.39, 0.29) is 5.56 Å². The monoisotopic (exact) mass is 262 g/mol. The van der Waals surface area contributed by atoms with E-state index in [0.29, 0.717) is 16.9 Å². The number of benzene rings is 2. The minimum absolute atomic E-state index is 0.0484. The summed E-state index contributed by atoms with van der Waals surface area (Å²) in [6, 6.07) is 8.33. The van der Waals surface area contributed by atoms with Gasteiger partial charge in [-0.1, -0.05) is 6.07 Å². The van der Waals surface area contributed by atoms with Gasteiger partial charge in [-0.15, -0.1) is 0 Å². The predicted molar refractivity (Wildman–Crippen MR) is 68.4 cm³/mol. The Hall–Kier alpha value is -2.23. The van der Waals surface area contributed by atoms with Crippen LogP contribution < -0.4 is 4.74 Å². The zero-order valence-corrected chi connectivity index (χ0v) is 10.5. The summed E-state index contributed by atoms with van der Waals surface area (Å²) >= 11 is 0. The standard InChI is InChI=1S/C15H12F2O2/c1-9(18)13-7-10(3-6-14(13)16)12-5-4-11(19-2)8-15(12)17/h3-8H,1-2H3. The number of hydrogen-bond donors (Lipinski definition) is 0. The first-order valence-electron chi connectivity index (χ1n) is 5.67. The number of ketones is 1. The van der Waals surface area contributed by atoms with Crippen molar-refractivity contribution in [1.82, 2.24) is 0 Å². The molecule has 0 aliphatic rings. The number of Topliss-reactive ketones (excluding diaryl/α,β-unsaturated/α-hetero) is 1. The molecule has 0 aliphatic heterocycles. The van der Waals surface area contributed by atoms with Crippen LogP contribution in [0.25, 0.3) is 11.1 Å². The quantitative estimate of drug-likeness (QED) is 0.785. The molecule has 0 heterocycles. The van der Waals surface area contributed by atoms with Crippen molar-refractivity contribution < 1.29 is 18.3 Å². The Morgan fingerprint density at radius 2 is 1.79 bits per heavy atom. The highest BCUT2D eigenvalue weighted by Crippen LogP contribution is 2.27. The van der Waals surface area contributed by atoms with Crippen molar-refractivity contribution in [1.29, 1.82) is 0 Å². The average Bonchev–Trinajstić information content (AvgIpc) is 2.39. The summed E-state index contributed by atoms with van der Waals surface area (Å²) in [7, 11) is 1.44. The summed E-state index contributed by atoms with van der Waals surface area (Å²) in [6.45, 7) is 1.27. The molecule has 2 aromatic rings. The van der Waals surface area contributed by atoms with Crippen LogP contribution >= 0.6 is 0 Å². The molecule has 2 rings (SSSR count). The lowest BCUT2D eigenvalue weighted by molar-refractivity contribution is 0.101. The van der Waals surface area contributed by atoms with Crippen molar-refractivity contribution in [2.75, 3.05) is 7.11 Å². The van der Waals surface area contributed by atoms with Gasteiger partial charge in [0.25, 0.3) is 0 Å². The molecule has 0 radical (unpaired) electrons. The molecule has 0 unspecified atom stereocenters. The van der Waals surface area contributed by atoms with E-state index in [9.17, 15) is 13.6 Å². The van der Waals surface area contributed by atoms with Gasteiger partial charge in [-0.05, 0) is 36.8 Å². The fourth-order valence-corrected chi connectivity index (χ4v) is 1.82. The molecule has 0 bridgehead atoms. The smallest absolute Gasteiger partial charge is 0.162 e. The SMILES string of the molecule is COc1ccc(-c2ccc(F)c(C(C)=O)c2)c(F)c1. The Morgan fingerprint density at radius 1 is 1.05 bits per heavy atom. The van der Waals surface area contributed by atoms with Gasteiger partial charge in [0.15, 0.2) is 5.78 Å². The number of carbonyl (C=O) groups excluding carboxylic acids is 1. The number of ether oxygens (including phenoxy) is 1. The minimum atomic E-state index is -0.606. The molecular formula is C15H12F2O2. The fourth-order valence-electron chi connectivity index (χ4n) is 1.82. The maximum Gasteiger partial charge on any atom is 0.162 e. The van der Waals surface area contributed by atoms with Crippen LogP contribution in [0.3, 0.4) is 0 Å². The molecule has 0 N–H and O–H groups in total. The fraction of sp³-hybridized carbons (Fsp3) is 0.133. The number of hydrogen-bond acceptors (Lipinski definition) is 2. The molecule has 19 heavy (non-hydrogen) atoms. The normalized spacial score (nSPS) is 10.3. The number of methoxy groups -OCH3 is 1. The van der Waals surface area contributed by atoms with Gasteiger partial charge in [0, 0.05) is 11.6 Å². The van der Waals surface area contributed by atoms with Gasteiger partial charge >= 0.3 is 0 Å². The lowest BCUT2D eigenvalue weighted by Crippen LogP contribution is -1.98. The van der Waals surface area contributed by atoms with Crippen molar-refractivity contribution in [2.24, 2.45) is 0 Å². The number of rotatable bonds is 3. The molecule has 2 aromatic carbocycles. The highest BCUT2D eigenvalue weighted by molar-refractivity contribution is 5.95. The highest BCUT2D eigenvalue weighted by atomic mass is 19.1. The predicted octanol–water partition coefficient (Wildman–Crippen LogP) is 3.84. The summed E-state index contributed by atoms with van der Waals surface area (Å²) in [6.07, 6.45) is 0. The summed E-state index contributed by atoms with van der Waals surface area (Å²) in [4.78, 5) is 11.3. The molecule has 0 aliphatic carbocycles. The highest BCUT2D eigenvalue weighted by Gasteiger charge is 2.12. The van der Waals surface area contributed by atoms with Crippen LogP contribution in [0, 0.1) is 11.6 Å². The van der Waals surface area contributed by atoms with Gasteiger partial charge in [-0.3, -0.25) is 4.79 Å². The second-order valence-electron chi connectivity index (χ2n) is 4.10. The van der Waals surface area contributed by atoms with Gasteiger partial charge in [-0.25, -0.2) is 8.78 Å². The Kier molecular flexibility index (Phi) is 3.60. The van der Waals surface area contributed by atoms with Crippen LogP contribution in [0.5, 0.6) is 5.75 Å². The maximum absolute atomic E-state index is 13.9. The van der Waals surface area contributed by atoms with Crippen LogP contribution in [0.15, 0.2) is 36.4 Å². The Morgan fingerprint density at radius 3 is 2.37 bits per heavy atom. The number of halogens is 2. The summed E-state index contributed by atoms with van der Waals surface area (Å²) in [5.41, 5.74) is 0.697. The first-order valence-corrected chi connectivity index (χ1v) is 5.67. The summed E-state index contributed by atoms with van der Waals surface area (Å²) in [5.74, 6) is -1.09. The molecule has 4 heteroatoms. The first kappa shape index (κ1) is 13.2. The largest absolute Gasteiger partial charge is 0.497 e. The Bertz CT molecular complexity index is 636. The van der Waals surface area contributed by atoms with Crippen molar-refractivity contribution in [2.45, 2.75) is 6.92 Å². The van der Waals surface area contributed by atoms with E-state index in [0.717, 1.165) is 6.07 Å². The maximum atomic E-state index is 13.9. The van der Waals surface area contributed by atoms with E-state index in [2.05, 4.69) is 0 Å². The Balaban J connectivity index is 2.53. The van der Waals surface area contributed by atoms with E-state index in [1.54, 1.807) is 6.07 Å².